The summed E-state index contributed by atoms with van der Waals surface area (Å²) in [6.45, 7) is 0.351. The lowest BCUT2D eigenvalue weighted by Crippen LogP contribution is -2.23. The van der Waals surface area contributed by atoms with Crippen LogP contribution in [0.15, 0.2) is 15.9 Å². The predicted octanol–water partition coefficient (Wildman–Crippen LogP) is 2.28. The van der Waals surface area contributed by atoms with E-state index < -0.39 is 10.0 Å². The van der Waals surface area contributed by atoms with Gasteiger partial charge in [-0.25, -0.2) is 13.1 Å². The molecule has 0 radical (unpaired) electrons. The van der Waals surface area contributed by atoms with Crippen molar-refractivity contribution in [2.24, 2.45) is 0 Å². The first-order valence-electron chi connectivity index (χ1n) is 3.30. The number of hydrogen-bond donors (Lipinski definition) is 1. The molecular weight excluding hydrogens is 342 g/mol. The van der Waals surface area contributed by atoms with Gasteiger partial charge in [-0.1, -0.05) is 15.9 Å². The second-order valence-electron chi connectivity index (χ2n) is 2.28. The van der Waals surface area contributed by atoms with Crippen molar-refractivity contribution in [1.82, 2.24) is 4.72 Å². The van der Waals surface area contributed by atoms with Crippen LogP contribution in [0.5, 0.6) is 0 Å². The molecule has 3 nitrogen and oxygen atoms in total. The van der Waals surface area contributed by atoms with E-state index in [9.17, 15) is 8.42 Å². The van der Waals surface area contributed by atoms with Crippen LogP contribution in [0.25, 0.3) is 0 Å². The molecule has 13 heavy (non-hydrogen) atoms. The maximum Gasteiger partial charge on any atom is 0.221 e. The van der Waals surface area contributed by atoms with Gasteiger partial charge in [-0.15, -0.1) is 11.3 Å². The van der Waals surface area contributed by atoms with Crippen LogP contribution in [-0.2, 0) is 16.6 Å². The average molecular weight is 349 g/mol. The van der Waals surface area contributed by atoms with Gasteiger partial charge in [0.2, 0.25) is 10.0 Å². The van der Waals surface area contributed by atoms with Crippen LogP contribution < -0.4 is 4.72 Å². The average Bonchev–Trinajstić information content (AvgIpc) is 2.48. The summed E-state index contributed by atoms with van der Waals surface area (Å²) in [5.74, 6) is 0. The van der Waals surface area contributed by atoms with Gasteiger partial charge in [0.25, 0.3) is 0 Å². The molecule has 0 fully saturated rings. The Labute approximate surface area is 97.8 Å². The normalized spacial score (nSPS) is 11.8. The first kappa shape index (κ1) is 11.6. The molecule has 0 aromatic carbocycles. The number of sulfonamides is 1. The summed E-state index contributed by atoms with van der Waals surface area (Å²) in [6.07, 6.45) is 0. The van der Waals surface area contributed by atoms with Crippen LogP contribution in [0.1, 0.15) is 4.88 Å². The molecule has 0 unspecified atom stereocenters. The summed E-state index contributed by atoms with van der Waals surface area (Å²) in [6, 6.07) is 1.89. The van der Waals surface area contributed by atoms with Crippen molar-refractivity contribution in [3.05, 3.63) is 20.8 Å². The van der Waals surface area contributed by atoms with Crippen molar-refractivity contribution >= 4 is 53.2 Å². The van der Waals surface area contributed by atoms with E-state index in [1.165, 1.54) is 11.3 Å². The zero-order chi connectivity index (χ0) is 9.90. The third-order valence-electron chi connectivity index (χ3n) is 1.23. The van der Waals surface area contributed by atoms with Crippen LogP contribution >= 0.6 is 43.2 Å². The van der Waals surface area contributed by atoms with Gasteiger partial charge in [0.1, 0.15) is 4.66 Å². The summed E-state index contributed by atoms with van der Waals surface area (Å²) >= 11 is 7.70. The highest BCUT2D eigenvalue weighted by atomic mass is 79.9. The van der Waals surface area contributed by atoms with Crippen molar-refractivity contribution in [3.63, 3.8) is 0 Å². The maximum atomic E-state index is 11.0. The highest BCUT2D eigenvalue weighted by Crippen LogP contribution is 2.19. The molecule has 1 aromatic rings. The number of halogens is 2. The Bertz CT molecular complexity index is 374. The molecule has 0 atom stereocenters. The fraction of sp³-hybridized carbons (Fsp3) is 0.333. The lowest BCUT2D eigenvalue weighted by atomic mass is 10.5. The Kier molecular flexibility index (Phi) is 4.37. The Morgan fingerprint density at radius 3 is 2.69 bits per heavy atom. The van der Waals surface area contributed by atoms with Gasteiger partial charge in [-0.3, -0.25) is 0 Å². The summed E-state index contributed by atoms with van der Waals surface area (Å²) in [5, 5.41) is 1.91. The van der Waals surface area contributed by atoms with Crippen LogP contribution in [0.2, 0.25) is 0 Å². The minimum atomic E-state index is -3.15. The number of hydrogen-bond acceptors (Lipinski definition) is 3. The number of rotatable bonds is 4. The standard InChI is InChI=1S/C6H7Br2NO2S2/c7-4-13(10,11)9-2-6-1-5(8)3-12-6/h1,3,9H,2,4H2. The minimum absolute atomic E-state index is 0.0630. The van der Waals surface area contributed by atoms with E-state index in [4.69, 9.17) is 0 Å². The van der Waals surface area contributed by atoms with Crippen molar-refractivity contribution in [3.8, 4) is 0 Å². The van der Waals surface area contributed by atoms with Crippen molar-refractivity contribution in [2.75, 3.05) is 4.66 Å². The molecule has 1 heterocycles. The topological polar surface area (TPSA) is 46.2 Å². The van der Waals surface area contributed by atoms with E-state index in [0.29, 0.717) is 6.54 Å². The summed E-state index contributed by atoms with van der Waals surface area (Å²) in [5.41, 5.74) is 0. The fourth-order valence-electron chi connectivity index (χ4n) is 0.666. The van der Waals surface area contributed by atoms with Crippen molar-refractivity contribution in [1.29, 1.82) is 0 Å². The van der Waals surface area contributed by atoms with Gasteiger partial charge >= 0.3 is 0 Å². The van der Waals surface area contributed by atoms with E-state index in [2.05, 4.69) is 36.6 Å². The van der Waals surface area contributed by atoms with Crippen LogP contribution in [0, 0.1) is 0 Å². The second-order valence-corrected chi connectivity index (χ2v) is 7.30. The predicted molar refractivity (Wildman–Crippen MR) is 61.6 cm³/mol. The lowest BCUT2D eigenvalue weighted by Gasteiger charge is -2.00. The SMILES string of the molecule is O=S(=O)(CBr)NCc1cc(Br)cs1. The maximum absolute atomic E-state index is 11.0. The highest BCUT2D eigenvalue weighted by Gasteiger charge is 2.07. The Morgan fingerprint density at radius 1 is 1.54 bits per heavy atom. The van der Waals surface area contributed by atoms with E-state index in [1.54, 1.807) is 0 Å². The first-order chi connectivity index (χ1) is 6.03. The molecule has 0 bridgehead atoms. The molecule has 0 saturated carbocycles. The van der Waals surface area contributed by atoms with E-state index in [1.807, 2.05) is 11.4 Å². The van der Waals surface area contributed by atoms with Crippen LogP contribution in [0.4, 0.5) is 0 Å². The lowest BCUT2D eigenvalue weighted by molar-refractivity contribution is 0.587. The Hall–Kier alpha value is 0.570. The third-order valence-corrected chi connectivity index (χ3v) is 5.61. The molecule has 1 aromatic heterocycles. The largest absolute Gasteiger partial charge is 0.221 e. The third kappa shape index (κ3) is 4.07. The molecule has 0 amide bonds. The van der Waals surface area contributed by atoms with Crippen LogP contribution in [-0.4, -0.2) is 13.1 Å². The second kappa shape index (κ2) is 4.88. The van der Waals surface area contributed by atoms with Gasteiger partial charge in [-0.2, -0.15) is 0 Å². The Balaban J connectivity index is 2.53. The molecular formula is C6H7Br2NO2S2. The molecule has 7 heteroatoms. The molecule has 0 saturated heterocycles. The monoisotopic (exact) mass is 347 g/mol. The van der Waals surface area contributed by atoms with Gasteiger partial charge in [0.05, 0.1) is 0 Å². The zero-order valence-electron chi connectivity index (χ0n) is 6.46. The van der Waals surface area contributed by atoms with E-state index in [0.717, 1.165) is 9.35 Å². The Morgan fingerprint density at radius 2 is 2.23 bits per heavy atom. The summed E-state index contributed by atoms with van der Waals surface area (Å²) < 4.78 is 25.4. The van der Waals surface area contributed by atoms with E-state index in [-0.39, 0.29) is 4.66 Å². The summed E-state index contributed by atoms with van der Waals surface area (Å²) in [7, 11) is -3.15. The fourth-order valence-corrected chi connectivity index (χ4v) is 3.09. The van der Waals surface area contributed by atoms with Crippen LogP contribution in [0.3, 0.4) is 0 Å². The molecule has 1 rings (SSSR count). The van der Waals surface area contributed by atoms with E-state index >= 15 is 0 Å². The van der Waals surface area contributed by atoms with Gasteiger partial charge in [0, 0.05) is 21.3 Å². The molecule has 74 valence electrons. The zero-order valence-corrected chi connectivity index (χ0v) is 11.3. The van der Waals surface area contributed by atoms with Gasteiger partial charge in [0.15, 0.2) is 0 Å². The summed E-state index contributed by atoms with van der Waals surface area (Å²) in [4.78, 5) is 0.983. The quantitative estimate of drug-likeness (QED) is 0.848. The molecule has 1 N–H and O–H groups in total. The number of nitrogens with one attached hydrogen (secondary N) is 1. The number of thiophene rings is 1. The van der Waals surface area contributed by atoms with Gasteiger partial charge in [-0.05, 0) is 22.0 Å². The first-order valence-corrected chi connectivity index (χ1v) is 7.74. The van der Waals surface area contributed by atoms with Crippen molar-refractivity contribution in [2.45, 2.75) is 6.54 Å². The molecule has 0 aliphatic heterocycles. The minimum Gasteiger partial charge on any atom is -0.212 e. The van der Waals surface area contributed by atoms with Gasteiger partial charge < -0.3 is 0 Å². The molecule has 0 aliphatic carbocycles. The molecule has 0 aliphatic rings. The smallest absolute Gasteiger partial charge is 0.212 e. The highest BCUT2D eigenvalue weighted by molar-refractivity contribution is 9.11. The number of alkyl halides is 1. The van der Waals surface area contributed by atoms with Crippen molar-refractivity contribution < 1.29 is 8.42 Å². The molecule has 0 spiro atoms.